The zero-order valence-corrected chi connectivity index (χ0v) is 14.7. The van der Waals surface area contributed by atoms with Crippen LogP contribution in [0.3, 0.4) is 0 Å². The van der Waals surface area contributed by atoms with Crippen molar-refractivity contribution >= 4 is 21.6 Å². The van der Waals surface area contributed by atoms with E-state index in [1.165, 1.54) is 4.90 Å². The monoisotopic (exact) mass is 360 g/mol. The van der Waals surface area contributed by atoms with Gasteiger partial charge in [0, 0.05) is 31.0 Å². The van der Waals surface area contributed by atoms with Gasteiger partial charge in [-0.3, -0.25) is 9.78 Å². The Morgan fingerprint density at radius 2 is 2.12 bits per heavy atom. The molecule has 1 fully saturated rings. The minimum Gasteiger partial charge on any atom is -0.364 e. The second kappa shape index (κ2) is 7.18. The highest BCUT2D eigenvalue weighted by molar-refractivity contribution is 7.91. The van der Waals surface area contributed by atoms with Crippen molar-refractivity contribution in [1.29, 1.82) is 0 Å². The predicted octanol–water partition coefficient (Wildman–Crippen LogP) is 1.35. The second-order valence-electron chi connectivity index (χ2n) is 6.08. The molecule has 0 spiro atoms. The maximum Gasteiger partial charge on any atom is 0.254 e. The summed E-state index contributed by atoms with van der Waals surface area (Å²) in [4.78, 5) is 22.6. The maximum absolute atomic E-state index is 12.6. The van der Waals surface area contributed by atoms with Crippen LogP contribution >= 0.6 is 0 Å². The van der Waals surface area contributed by atoms with E-state index in [2.05, 4.69) is 15.3 Å². The van der Waals surface area contributed by atoms with E-state index in [0.717, 1.165) is 5.69 Å². The van der Waals surface area contributed by atoms with Crippen molar-refractivity contribution in [1.82, 2.24) is 14.9 Å². The average molecular weight is 360 g/mol. The smallest absolute Gasteiger partial charge is 0.254 e. The van der Waals surface area contributed by atoms with Crippen molar-refractivity contribution in [3.8, 4) is 0 Å². The maximum atomic E-state index is 12.6. The van der Waals surface area contributed by atoms with Crippen LogP contribution in [0.4, 0.5) is 5.82 Å². The molecule has 1 saturated heterocycles. The SMILES string of the molecule is CN(C(=O)c1ccnc(NCc2ccccn2)c1)C1CCS(=O)(=O)C1. The fourth-order valence-electron chi connectivity index (χ4n) is 2.79. The second-order valence-corrected chi connectivity index (χ2v) is 8.31. The molecule has 1 unspecified atom stereocenters. The van der Waals surface area contributed by atoms with Crippen molar-refractivity contribution < 1.29 is 13.2 Å². The lowest BCUT2D eigenvalue weighted by molar-refractivity contribution is 0.0747. The number of hydrogen-bond donors (Lipinski definition) is 1. The molecule has 1 amide bonds. The van der Waals surface area contributed by atoms with Gasteiger partial charge >= 0.3 is 0 Å². The number of hydrogen-bond acceptors (Lipinski definition) is 6. The van der Waals surface area contributed by atoms with E-state index >= 15 is 0 Å². The summed E-state index contributed by atoms with van der Waals surface area (Å²) in [5, 5.41) is 3.14. The summed E-state index contributed by atoms with van der Waals surface area (Å²) in [6.07, 6.45) is 3.77. The molecule has 0 aromatic carbocycles. The predicted molar refractivity (Wildman–Crippen MR) is 95.0 cm³/mol. The van der Waals surface area contributed by atoms with Gasteiger partial charge in [0.15, 0.2) is 9.84 Å². The van der Waals surface area contributed by atoms with Crippen molar-refractivity contribution in [3.63, 3.8) is 0 Å². The van der Waals surface area contributed by atoms with Gasteiger partial charge in [-0.2, -0.15) is 0 Å². The van der Waals surface area contributed by atoms with Crippen molar-refractivity contribution in [2.24, 2.45) is 0 Å². The van der Waals surface area contributed by atoms with E-state index in [9.17, 15) is 13.2 Å². The van der Waals surface area contributed by atoms with Gasteiger partial charge < -0.3 is 10.2 Å². The molecule has 1 atom stereocenters. The third-order valence-electron chi connectivity index (χ3n) is 4.26. The first-order valence-electron chi connectivity index (χ1n) is 8.02. The van der Waals surface area contributed by atoms with Gasteiger partial charge in [-0.1, -0.05) is 6.07 Å². The number of anilines is 1. The average Bonchev–Trinajstić information content (AvgIpc) is 3.00. The third kappa shape index (κ3) is 4.33. The Hall–Kier alpha value is -2.48. The largest absolute Gasteiger partial charge is 0.364 e. The Morgan fingerprint density at radius 1 is 1.28 bits per heavy atom. The molecule has 1 aliphatic rings. The number of nitrogens with one attached hydrogen (secondary N) is 1. The van der Waals surface area contributed by atoms with E-state index < -0.39 is 9.84 Å². The molecule has 1 aliphatic heterocycles. The van der Waals surface area contributed by atoms with Crippen molar-refractivity contribution in [2.45, 2.75) is 19.0 Å². The summed E-state index contributed by atoms with van der Waals surface area (Å²) in [6, 6.07) is 8.69. The van der Waals surface area contributed by atoms with E-state index in [1.807, 2.05) is 18.2 Å². The summed E-state index contributed by atoms with van der Waals surface area (Å²) in [5.74, 6) is 0.544. The van der Waals surface area contributed by atoms with Crippen LogP contribution in [0.25, 0.3) is 0 Å². The number of pyridine rings is 2. The molecular formula is C17H20N4O3S. The summed E-state index contributed by atoms with van der Waals surface area (Å²) >= 11 is 0. The minimum absolute atomic E-state index is 0.0328. The van der Waals surface area contributed by atoms with Crippen LogP contribution in [0.5, 0.6) is 0 Å². The van der Waals surface area contributed by atoms with Gasteiger partial charge in [-0.25, -0.2) is 13.4 Å². The number of carbonyl (C=O) groups excluding carboxylic acids is 1. The number of carbonyl (C=O) groups is 1. The molecule has 0 radical (unpaired) electrons. The van der Waals surface area contributed by atoms with E-state index in [0.29, 0.717) is 24.3 Å². The van der Waals surface area contributed by atoms with Crippen molar-refractivity contribution in [2.75, 3.05) is 23.9 Å². The van der Waals surface area contributed by atoms with Gasteiger partial charge in [-0.05, 0) is 30.7 Å². The van der Waals surface area contributed by atoms with Crippen molar-refractivity contribution in [3.05, 3.63) is 54.0 Å². The lowest BCUT2D eigenvalue weighted by Crippen LogP contribution is -2.37. The van der Waals surface area contributed by atoms with Crippen LogP contribution in [0, 0.1) is 0 Å². The zero-order valence-electron chi connectivity index (χ0n) is 13.9. The molecule has 25 heavy (non-hydrogen) atoms. The van der Waals surface area contributed by atoms with Crippen LogP contribution < -0.4 is 5.32 Å². The van der Waals surface area contributed by atoms with Crippen LogP contribution in [0.1, 0.15) is 22.5 Å². The topological polar surface area (TPSA) is 92.3 Å². The molecule has 0 saturated carbocycles. The fourth-order valence-corrected chi connectivity index (χ4v) is 4.57. The number of amides is 1. The summed E-state index contributed by atoms with van der Waals surface area (Å²) in [6.45, 7) is 0.502. The molecule has 2 aromatic rings. The lowest BCUT2D eigenvalue weighted by Gasteiger charge is -2.23. The van der Waals surface area contributed by atoms with Crippen LogP contribution in [-0.2, 0) is 16.4 Å². The normalized spacial score (nSPS) is 18.7. The number of rotatable bonds is 5. The molecule has 1 N–H and O–H groups in total. The van der Waals surface area contributed by atoms with E-state index in [4.69, 9.17) is 0 Å². The molecule has 8 heteroatoms. The summed E-state index contributed by atoms with van der Waals surface area (Å²) < 4.78 is 23.2. The molecule has 3 heterocycles. The highest BCUT2D eigenvalue weighted by Crippen LogP contribution is 2.19. The van der Waals surface area contributed by atoms with Crippen LogP contribution in [-0.4, -0.2) is 53.8 Å². The van der Waals surface area contributed by atoms with Gasteiger partial charge in [0.25, 0.3) is 5.91 Å². The molecule has 3 rings (SSSR count). The Labute approximate surface area is 147 Å². The molecule has 0 aliphatic carbocycles. The third-order valence-corrected chi connectivity index (χ3v) is 6.01. The quantitative estimate of drug-likeness (QED) is 0.865. The number of aromatic nitrogens is 2. The lowest BCUT2D eigenvalue weighted by atomic mass is 10.2. The van der Waals surface area contributed by atoms with Gasteiger partial charge in [-0.15, -0.1) is 0 Å². The molecule has 2 aromatic heterocycles. The Morgan fingerprint density at radius 3 is 2.80 bits per heavy atom. The number of nitrogens with zero attached hydrogens (tertiary/aromatic N) is 3. The first-order valence-corrected chi connectivity index (χ1v) is 9.84. The van der Waals surface area contributed by atoms with Gasteiger partial charge in [0.05, 0.1) is 23.7 Å². The Balaban J connectivity index is 1.67. The number of sulfone groups is 1. The summed E-state index contributed by atoms with van der Waals surface area (Å²) in [7, 11) is -1.38. The van der Waals surface area contributed by atoms with Crippen LogP contribution in [0.15, 0.2) is 42.7 Å². The highest BCUT2D eigenvalue weighted by atomic mass is 32.2. The standard InChI is InChI=1S/C17H20N4O3S/c1-21(15-6-9-25(23,24)12-15)17(22)13-5-8-19-16(10-13)20-11-14-4-2-3-7-18-14/h2-5,7-8,10,15H,6,9,11-12H2,1H3,(H,19,20). The zero-order chi connectivity index (χ0) is 17.9. The first kappa shape index (κ1) is 17.3. The van der Waals surface area contributed by atoms with Crippen LogP contribution in [0.2, 0.25) is 0 Å². The molecular weight excluding hydrogens is 340 g/mol. The Kier molecular flexibility index (Phi) is 4.98. The molecule has 132 valence electrons. The Bertz CT molecular complexity index is 855. The molecule has 0 bridgehead atoms. The van der Waals surface area contributed by atoms with E-state index in [-0.39, 0.29) is 23.5 Å². The minimum atomic E-state index is -3.03. The first-order chi connectivity index (χ1) is 11.9. The van der Waals surface area contributed by atoms with Gasteiger partial charge in [0.2, 0.25) is 0 Å². The van der Waals surface area contributed by atoms with E-state index in [1.54, 1.807) is 31.6 Å². The highest BCUT2D eigenvalue weighted by Gasteiger charge is 2.33. The summed E-state index contributed by atoms with van der Waals surface area (Å²) in [5.41, 5.74) is 1.35. The molecule has 7 nitrogen and oxygen atoms in total. The fraction of sp³-hybridized carbons (Fsp3) is 0.353. The van der Waals surface area contributed by atoms with Gasteiger partial charge in [0.1, 0.15) is 5.82 Å².